The van der Waals surface area contributed by atoms with Crippen LogP contribution in [0.2, 0.25) is 0 Å². The van der Waals surface area contributed by atoms with Crippen LogP contribution in [0.5, 0.6) is 0 Å². The average molecular weight is 253 g/mol. The van der Waals surface area contributed by atoms with E-state index in [0.717, 1.165) is 11.5 Å². The van der Waals surface area contributed by atoms with Crippen LogP contribution in [-0.4, -0.2) is 13.2 Å². The predicted octanol–water partition coefficient (Wildman–Crippen LogP) is 4.59. The topological polar surface area (TPSA) is 9.23 Å². The van der Waals surface area contributed by atoms with Gasteiger partial charge in [-0.25, -0.2) is 0 Å². The molecule has 0 atom stereocenters. The average Bonchev–Trinajstić information content (AvgIpc) is 2.53. The Morgan fingerprint density at radius 3 is 2.53 bits per heavy atom. The molecule has 1 fully saturated rings. The monoisotopic (exact) mass is 252 g/mol. The van der Waals surface area contributed by atoms with Gasteiger partial charge < -0.3 is 4.74 Å². The second-order valence-corrected chi connectivity index (χ2v) is 5.49. The minimum atomic E-state index is 0.477. The van der Waals surface area contributed by atoms with E-state index in [0.29, 0.717) is 12.0 Å². The van der Waals surface area contributed by atoms with Crippen LogP contribution in [0, 0.1) is 5.92 Å². The van der Waals surface area contributed by atoms with Gasteiger partial charge in [0.05, 0.1) is 6.10 Å². The maximum atomic E-state index is 6.16. The summed E-state index contributed by atoms with van der Waals surface area (Å²) in [5, 5.41) is 0.904. The maximum Gasteiger partial charge on any atom is 0.0571 e. The van der Waals surface area contributed by atoms with Crippen molar-refractivity contribution in [1.82, 2.24) is 0 Å². The van der Waals surface area contributed by atoms with Gasteiger partial charge in [-0.05, 0) is 56.6 Å². The molecule has 0 aliphatic heterocycles. The third-order valence-electron chi connectivity index (χ3n) is 3.95. The molecule has 0 radical (unpaired) electrons. The molecule has 2 aliphatic rings. The number of rotatable bonds is 2. The molecule has 0 spiro atoms. The second kappa shape index (κ2) is 5.88. The lowest BCUT2D eigenvalue weighted by atomic mass is 9.82. The molecule has 0 amide bonds. The van der Waals surface area contributed by atoms with Crippen LogP contribution in [0.25, 0.3) is 0 Å². The molecule has 2 rings (SSSR count). The van der Waals surface area contributed by atoms with Crippen molar-refractivity contribution < 1.29 is 4.74 Å². The normalized spacial score (nSPS) is 30.2. The third kappa shape index (κ3) is 3.23. The van der Waals surface area contributed by atoms with Crippen LogP contribution in [0.4, 0.5) is 0 Å². The fourth-order valence-electron chi connectivity index (χ4n) is 2.68. The Kier molecular flexibility index (Phi) is 4.47. The fourth-order valence-corrected chi connectivity index (χ4v) is 2.82. The standard InChI is InChI=1S/C15H21ClO/c1-11-3-4-12(7-10-15(11)16)13-5-8-14(17-2)9-6-13/h4,7,10,13-14H,3,5-6,8-9H2,1-2H3. The van der Waals surface area contributed by atoms with Gasteiger partial charge in [-0.15, -0.1) is 0 Å². The Morgan fingerprint density at radius 2 is 1.88 bits per heavy atom. The zero-order valence-corrected chi connectivity index (χ0v) is 11.5. The van der Waals surface area contributed by atoms with Gasteiger partial charge >= 0.3 is 0 Å². The van der Waals surface area contributed by atoms with Crippen LogP contribution in [0.1, 0.15) is 39.0 Å². The Balaban J connectivity index is 1.99. The van der Waals surface area contributed by atoms with Crippen molar-refractivity contribution in [3.8, 4) is 0 Å². The summed E-state index contributed by atoms with van der Waals surface area (Å²) in [6.07, 6.45) is 12.9. The molecular formula is C15H21ClO. The molecule has 2 aliphatic carbocycles. The smallest absolute Gasteiger partial charge is 0.0571 e. The van der Waals surface area contributed by atoms with Crippen molar-refractivity contribution in [2.24, 2.45) is 5.92 Å². The van der Waals surface area contributed by atoms with Crippen LogP contribution < -0.4 is 0 Å². The summed E-state index contributed by atoms with van der Waals surface area (Å²) in [7, 11) is 1.82. The molecular weight excluding hydrogens is 232 g/mol. The molecule has 1 saturated carbocycles. The number of halogens is 1. The van der Waals surface area contributed by atoms with Crippen molar-refractivity contribution in [2.75, 3.05) is 7.11 Å². The second-order valence-electron chi connectivity index (χ2n) is 5.08. The van der Waals surface area contributed by atoms with Gasteiger partial charge in [-0.3, -0.25) is 0 Å². The molecule has 0 unspecified atom stereocenters. The van der Waals surface area contributed by atoms with Crippen LogP contribution >= 0.6 is 11.6 Å². The first-order valence-corrected chi connectivity index (χ1v) is 6.84. The fraction of sp³-hybridized carbons (Fsp3) is 0.600. The van der Waals surface area contributed by atoms with E-state index < -0.39 is 0 Å². The number of hydrogen-bond acceptors (Lipinski definition) is 1. The first kappa shape index (κ1) is 12.9. The van der Waals surface area contributed by atoms with E-state index in [1.54, 1.807) is 0 Å². The maximum absolute atomic E-state index is 6.16. The van der Waals surface area contributed by atoms with Crippen molar-refractivity contribution >= 4 is 11.6 Å². The highest BCUT2D eigenvalue weighted by atomic mass is 35.5. The molecule has 0 aromatic heterocycles. The molecule has 0 N–H and O–H groups in total. The molecule has 0 bridgehead atoms. The molecule has 0 saturated heterocycles. The zero-order chi connectivity index (χ0) is 12.3. The van der Waals surface area contributed by atoms with E-state index >= 15 is 0 Å². The molecule has 0 aromatic carbocycles. The minimum Gasteiger partial charge on any atom is -0.381 e. The van der Waals surface area contributed by atoms with Gasteiger partial charge in [-0.1, -0.05) is 29.3 Å². The van der Waals surface area contributed by atoms with Crippen molar-refractivity contribution in [2.45, 2.75) is 45.1 Å². The Morgan fingerprint density at radius 1 is 1.18 bits per heavy atom. The highest BCUT2D eigenvalue weighted by Gasteiger charge is 2.22. The molecule has 0 heterocycles. The number of allylic oxidation sites excluding steroid dienone is 6. The lowest BCUT2D eigenvalue weighted by Gasteiger charge is -2.28. The van der Waals surface area contributed by atoms with Gasteiger partial charge in [-0.2, -0.15) is 0 Å². The Bertz CT molecular complexity index is 357. The van der Waals surface area contributed by atoms with Crippen molar-refractivity contribution in [3.63, 3.8) is 0 Å². The van der Waals surface area contributed by atoms with Crippen LogP contribution in [0.3, 0.4) is 0 Å². The lowest BCUT2D eigenvalue weighted by Crippen LogP contribution is -2.21. The lowest BCUT2D eigenvalue weighted by molar-refractivity contribution is 0.0617. The first-order chi connectivity index (χ1) is 8.20. The quantitative estimate of drug-likeness (QED) is 0.698. The Labute approximate surface area is 109 Å². The summed E-state index contributed by atoms with van der Waals surface area (Å²) in [4.78, 5) is 0. The Hall–Kier alpha value is -0.530. The largest absolute Gasteiger partial charge is 0.381 e. The van der Waals surface area contributed by atoms with Gasteiger partial charge in [0.15, 0.2) is 0 Å². The minimum absolute atomic E-state index is 0.477. The molecule has 94 valence electrons. The summed E-state index contributed by atoms with van der Waals surface area (Å²) in [5.41, 5.74) is 2.73. The van der Waals surface area contributed by atoms with E-state index in [1.807, 2.05) is 7.11 Å². The summed E-state index contributed by atoms with van der Waals surface area (Å²) >= 11 is 6.16. The third-order valence-corrected chi connectivity index (χ3v) is 4.40. The van der Waals surface area contributed by atoms with Gasteiger partial charge in [0.2, 0.25) is 0 Å². The van der Waals surface area contributed by atoms with E-state index in [2.05, 4.69) is 25.2 Å². The molecule has 2 heteroatoms. The number of methoxy groups -OCH3 is 1. The summed E-state index contributed by atoms with van der Waals surface area (Å²) < 4.78 is 5.42. The number of ether oxygens (including phenoxy) is 1. The van der Waals surface area contributed by atoms with Gasteiger partial charge in [0, 0.05) is 12.1 Å². The van der Waals surface area contributed by atoms with E-state index in [9.17, 15) is 0 Å². The highest BCUT2D eigenvalue weighted by Crippen LogP contribution is 2.34. The van der Waals surface area contributed by atoms with E-state index in [4.69, 9.17) is 16.3 Å². The van der Waals surface area contributed by atoms with Crippen molar-refractivity contribution in [3.05, 3.63) is 34.4 Å². The first-order valence-electron chi connectivity index (χ1n) is 6.47. The van der Waals surface area contributed by atoms with Crippen molar-refractivity contribution in [1.29, 1.82) is 0 Å². The zero-order valence-electron chi connectivity index (χ0n) is 10.7. The molecule has 0 aromatic rings. The summed E-state index contributed by atoms with van der Waals surface area (Å²) in [5.74, 6) is 0.702. The van der Waals surface area contributed by atoms with E-state index in [-0.39, 0.29) is 0 Å². The molecule has 17 heavy (non-hydrogen) atoms. The summed E-state index contributed by atoms with van der Waals surface area (Å²) in [6, 6.07) is 0. The van der Waals surface area contributed by atoms with Crippen LogP contribution in [-0.2, 0) is 4.74 Å². The van der Waals surface area contributed by atoms with E-state index in [1.165, 1.54) is 36.8 Å². The van der Waals surface area contributed by atoms with Gasteiger partial charge in [0.1, 0.15) is 0 Å². The number of hydrogen-bond donors (Lipinski definition) is 0. The SMILES string of the molecule is COC1CCC(C2=CCC(C)=C(Cl)C=C2)CC1. The summed E-state index contributed by atoms with van der Waals surface area (Å²) in [6.45, 7) is 2.11. The highest BCUT2D eigenvalue weighted by molar-refractivity contribution is 6.31. The van der Waals surface area contributed by atoms with Crippen LogP contribution in [0.15, 0.2) is 34.4 Å². The predicted molar refractivity (Wildman–Crippen MR) is 73.1 cm³/mol. The van der Waals surface area contributed by atoms with Gasteiger partial charge in [0.25, 0.3) is 0 Å². The molecule has 1 nitrogen and oxygen atoms in total.